The molecule has 2 N–H and O–H groups in total. The van der Waals surface area contributed by atoms with Crippen LogP contribution < -0.4 is 5.32 Å². The van der Waals surface area contributed by atoms with Crippen molar-refractivity contribution >= 4 is 21.8 Å². The molecule has 5 heteroatoms. The zero-order valence-electron chi connectivity index (χ0n) is 8.69. The lowest BCUT2D eigenvalue weighted by Gasteiger charge is -2.31. The third kappa shape index (κ3) is 2.59. The maximum absolute atomic E-state index is 11.7. The number of nitrogens with zero attached hydrogens (tertiary/aromatic N) is 1. The molecule has 1 aliphatic rings. The van der Waals surface area contributed by atoms with E-state index in [9.17, 15) is 4.79 Å². The molecule has 0 aromatic carbocycles. The first-order valence-electron chi connectivity index (χ1n) is 5.23. The van der Waals surface area contributed by atoms with Crippen molar-refractivity contribution in [2.45, 2.75) is 18.9 Å². The summed E-state index contributed by atoms with van der Waals surface area (Å²) in [4.78, 5) is 15.7. The first kappa shape index (κ1) is 11.5. The van der Waals surface area contributed by atoms with Crippen molar-refractivity contribution in [2.75, 3.05) is 6.54 Å². The van der Waals surface area contributed by atoms with Crippen LogP contribution in [-0.4, -0.2) is 28.6 Å². The number of aliphatic hydroxyl groups excluding tert-OH is 1. The predicted molar refractivity (Wildman–Crippen MR) is 63.0 cm³/mol. The highest BCUT2D eigenvalue weighted by atomic mass is 79.9. The van der Waals surface area contributed by atoms with Crippen LogP contribution in [0.3, 0.4) is 0 Å². The van der Waals surface area contributed by atoms with Gasteiger partial charge in [-0.3, -0.25) is 4.79 Å². The van der Waals surface area contributed by atoms with Crippen molar-refractivity contribution in [2.24, 2.45) is 5.92 Å². The van der Waals surface area contributed by atoms with Crippen LogP contribution >= 0.6 is 15.9 Å². The summed E-state index contributed by atoms with van der Waals surface area (Å²) in [5, 5.41) is 12.0. The van der Waals surface area contributed by atoms with Gasteiger partial charge in [-0.05, 0) is 46.8 Å². The minimum atomic E-state index is -0.174. The number of rotatable bonds is 3. The van der Waals surface area contributed by atoms with E-state index in [0.717, 1.165) is 12.8 Å². The topological polar surface area (TPSA) is 62.2 Å². The van der Waals surface area contributed by atoms with Crippen LogP contribution in [0.4, 0.5) is 0 Å². The second-order valence-electron chi connectivity index (χ2n) is 4.04. The number of hydrogen-bond donors (Lipinski definition) is 2. The number of aromatic nitrogens is 1. The number of pyridine rings is 1. The lowest BCUT2D eigenvalue weighted by molar-refractivity contribution is 0.0420. The SMILES string of the molecule is O=C(NCC1CC(O)C1)c1cccnc1Br. The Labute approximate surface area is 102 Å². The van der Waals surface area contributed by atoms with E-state index >= 15 is 0 Å². The highest BCUT2D eigenvalue weighted by Gasteiger charge is 2.27. The maximum atomic E-state index is 11.7. The Kier molecular flexibility index (Phi) is 3.56. The van der Waals surface area contributed by atoms with Crippen molar-refractivity contribution in [3.05, 3.63) is 28.5 Å². The molecule has 0 radical (unpaired) electrons. The van der Waals surface area contributed by atoms with E-state index in [0.29, 0.717) is 22.6 Å². The summed E-state index contributed by atoms with van der Waals surface area (Å²) in [6.45, 7) is 0.622. The summed E-state index contributed by atoms with van der Waals surface area (Å²) in [6.07, 6.45) is 3.03. The van der Waals surface area contributed by atoms with E-state index < -0.39 is 0 Å². The molecule has 4 nitrogen and oxygen atoms in total. The molecule has 1 aliphatic carbocycles. The van der Waals surface area contributed by atoms with Crippen molar-refractivity contribution in [1.29, 1.82) is 0 Å². The molecule has 86 valence electrons. The Balaban J connectivity index is 1.86. The number of amides is 1. The molecule has 1 aromatic heterocycles. The number of carbonyl (C=O) groups excluding carboxylic acids is 1. The molecule has 16 heavy (non-hydrogen) atoms. The van der Waals surface area contributed by atoms with Gasteiger partial charge in [0.05, 0.1) is 11.7 Å². The summed E-state index contributed by atoms with van der Waals surface area (Å²) in [5.41, 5.74) is 0.544. The number of halogens is 1. The standard InChI is InChI=1S/C11H13BrN2O2/c12-10-9(2-1-3-13-10)11(16)14-6-7-4-8(15)5-7/h1-3,7-8,15H,4-6H2,(H,14,16). The van der Waals surface area contributed by atoms with Crippen molar-refractivity contribution < 1.29 is 9.90 Å². The molecule has 0 atom stereocenters. The van der Waals surface area contributed by atoms with Crippen LogP contribution in [0.15, 0.2) is 22.9 Å². The van der Waals surface area contributed by atoms with Gasteiger partial charge in [0, 0.05) is 12.7 Å². The molecule has 2 rings (SSSR count). The van der Waals surface area contributed by atoms with Crippen LogP contribution in [0.5, 0.6) is 0 Å². The van der Waals surface area contributed by atoms with Gasteiger partial charge in [-0.2, -0.15) is 0 Å². The first-order chi connectivity index (χ1) is 7.66. The minimum absolute atomic E-state index is 0.124. The Bertz CT molecular complexity index is 391. The molecule has 0 aliphatic heterocycles. The largest absolute Gasteiger partial charge is 0.393 e. The Morgan fingerprint density at radius 2 is 2.38 bits per heavy atom. The third-order valence-corrected chi connectivity index (χ3v) is 3.40. The molecular formula is C11H13BrN2O2. The molecule has 1 aromatic rings. The van der Waals surface area contributed by atoms with Crippen LogP contribution in [0.2, 0.25) is 0 Å². The van der Waals surface area contributed by atoms with Crippen LogP contribution in [0.25, 0.3) is 0 Å². The minimum Gasteiger partial charge on any atom is -0.393 e. The van der Waals surface area contributed by atoms with E-state index in [4.69, 9.17) is 5.11 Å². The summed E-state index contributed by atoms with van der Waals surface area (Å²) in [5.74, 6) is 0.288. The van der Waals surface area contributed by atoms with E-state index in [2.05, 4.69) is 26.2 Å². The molecular weight excluding hydrogens is 272 g/mol. The Hall–Kier alpha value is -0.940. The lowest BCUT2D eigenvalue weighted by Crippen LogP contribution is -2.38. The van der Waals surface area contributed by atoms with E-state index in [1.165, 1.54) is 0 Å². The zero-order chi connectivity index (χ0) is 11.5. The van der Waals surface area contributed by atoms with Gasteiger partial charge in [-0.25, -0.2) is 4.98 Å². The monoisotopic (exact) mass is 284 g/mol. The van der Waals surface area contributed by atoms with Gasteiger partial charge in [-0.15, -0.1) is 0 Å². The Morgan fingerprint density at radius 1 is 1.62 bits per heavy atom. The molecule has 0 unspecified atom stereocenters. The van der Waals surface area contributed by atoms with E-state index in [1.54, 1.807) is 18.3 Å². The number of aliphatic hydroxyl groups is 1. The van der Waals surface area contributed by atoms with E-state index in [1.807, 2.05) is 0 Å². The van der Waals surface area contributed by atoms with Crippen molar-refractivity contribution in [3.63, 3.8) is 0 Å². The molecule has 1 fully saturated rings. The van der Waals surface area contributed by atoms with Gasteiger partial charge in [-0.1, -0.05) is 0 Å². The highest BCUT2D eigenvalue weighted by molar-refractivity contribution is 9.10. The molecule has 1 saturated carbocycles. The second-order valence-corrected chi connectivity index (χ2v) is 4.79. The number of carbonyl (C=O) groups is 1. The van der Waals surface area contributed by atoms with Crippen molar-refractivity contribution in [1.82, 2.24) is 10.3 Å². The number of hydrogen-bond acceptors (Lipinski definition) is 3. The zero-order valence-corrected chi connectivity index (χ0v) is 10.3. The fourth-order valence-electron chi connectivity index (χ4n) is 1.75. The average Bonchev–Trinajstić information content (AvgIpc) is 2.23. The molecule has 0 spiro atoms. The molecule has 1 amide bonds. The van der Waals surface area contributed by atoms with Crippen LogP contribution in [-0.2, 0) is 0 Å². The fourth-order valence-corrected chi connectivity index (χ4v) is 2.19. The highest BCUT2D eigenvalue weighted by Crippen LogP contribution is 2.26. The summed E-state index contributed by atoms with van der Waals surface area (Å²) in [6, 6.07) is 3.45. The first-order valence-corrected chi connectivity index (χ1v) is 6.03. The summed E-state index contributed by atoms with van der Waals surface area (Å²) >= 11 is 3.23. The average molecular weight is 285 g/mol. The molecule has 1 heterocycles. The van der Waals surface area contributed by atoms with Gasteiger partial charge >= 0.3 is 0 Å². The molecule has 0 saturated heterocycles. The van der Waals surface area contributed by atoms with Crippen LogP contribution in [0, 0.1) is 5.92 Å². The maximum Gasteiger partial charge on any atom is 0.254 e. The number of nitrogens with one attached hydrogen (secondary N) is 1. The lowest BCUT2D eigenvalue weighted by atomic mass is 9.82. The van der Waals surface area contributed by atoms with Crippen LogP contribution in [0.1, 0.15) is 23.2 Å². The molecule has 0 bridgehead atoms. The Morgan fingerprint density at radius 3 is 3.00 bits per heavy atom. The smallest absolute Gasteiger partial charge is 0.254 e. The fraction of sp³-hybridized carbons (Fsp3) is 0.455. The summed E-state index contributed by atoms with van der Waals surface area (Å²) < 4.78 is 0.557. The quantitative estimate of drug-likeness (QED) is 0.824. The normalized spacial score (nSPS) is 23.6. The van der Waals surface area contributed by atoms with E-state index in [-0.39, 0.29) is 12.0 Å². The van der Waals surface area contributed by atoms with Gasteiger partial charge in [0.15, 0.2) is 0 Å². The van der Waals surface area contributed by atoms with Crippen molar-refractivity contribution in [3.8, 4) is 0 Å². The third-order valence-electron chi connectivity index (χ3n) is 2.77. The summed E-state index contributed by atoms with van der Waals surface area (Å²) in [7, 11) is 0. The van der Waals surface area contributed by atoms with Gasteiger partial charge < -0.3 is 10.4 Å². The predicted octanol–water partition coefficient (Wildman–Crippen LogP) is 1.34. The van der Waals surface area contributed by atoms with Gasteiger partial charge in [0.1, 0.15) is 4.60 Å². The van der Waals surface area contributed by atoms with Gasteiger partial charge in [0.2, 0.25) is 0 Å². The second kappa shape index (κ2) is 4.93. The van der Waals surface area contributed by atoms with Gasteiger partial charge in [0.25, 0.3) is 5.91 Å².